The summed E-state index contributed by atoms with van der Waals surface area (Å²) in [6, 6.07) is 9.62. The van der Waals surface area contributed by atoms with E-state index < -0.39 is 0 Å². The van der Waals surface area contributed by atoms with Crippen LogP contribution in [-0.2, 0) is 9.31 Å². The van der Waals surface area contributed by atoms with E-state index in [4.69, 9.17) is 9.31 Å². The summed E-state index contributed by atoms with van der Waals surface area (Å²) in [6.07, 6.45) is 1.84. The van der Waals surface area contributed by atoms with Crippen LogP contribution in [0.15, 0.2) is 30.3 Å². The quantitative estimate of drug-likeness (QED) is 0.592. The largest absolute Gasteiger partial charge is 0.461 e. The molecule has 1 saturated heterocycles. The van der Waals surface area contributed by atoms with Gasteiger partial charge in [-0.25, -0.2) is 0 Å². The third-order valence-electron chi connectivity index (χ3n) is 6.09. The predicted molar refractivity (Wildman–Crippen MR) is 97.1 cm³/mol. The third-order valence-corrected chi connectivity index (χ3v) is 6.09. The van der Waals surface area contributed by atoms with E-state index in [0.29, 0.717) is 0 Å². The van der Waals surface area contributed by atoms with Crippen molar-refractivity contribution in [3.63, 3.8) is 0 Å². The molecule has 0 N–H and O–H groups in total. The molecule has 3 rings (SSSR count). The number of carbonyl (C=O) groups is 1. The highest BCUT2D eigenvalue weighted by molar-refractivity contribution is 6.48. The number of benzene rings is 1. The standard InChI is InChI=1S/C20H29BO3/c1-18(2)12-15(17(22)14-10-8-7-9-11-14)16(13-18)21-23-19(3,4)20(5,6)24-21/h7-11,15-16H,12-13H2,1-6H3/t15-,16-/m0/s1. The summed E-state index contributed by atoms with van der Waals surface area (Å²) >= 11 is 0. The van der Waals surface area contributed by atoms with Crippen molar-refractivity contribution >= 4 is 12.9 Å². The fourth-order valence-electron chi connectivity index (χ4n) is 4.06. The first-order valence-electron chi connectivity index (χ1n) is 8.97. The predicted octanol–water partition coefficient (Wildman–Crippen LogP) is 4.77. The lowest BCUT2D eigenvalue weighted by atomic mass is 9.64. The number of ketones is 1. The van der Waals surface area contributed by atoms with E-state index in [1.807, 2.05) is 30.3 Å². The zero-order valence-electron chi connectivity index (χ0n) is 15.8. The topological polar surface area (TPSA) is 35.5 Å². The highest BCUT2D eigenvalue weighted by atomic mass is 16.7. The van der Waals surface area contributed by atoms with Crippen molar-refractivity contribution in [2.45, 2.75) is 71.4 Å². The van der Waals surface area contributed by atoms with Gasteiger partial charge < -0.3 is 9.31 Å². The van der Waals surface area contributed by atoms with Crippen LogP contribution in [0.25, 0.3) is 0 Å². The maximum Gasteiger partial charge on any atom is 0.461 e. The Morgan fingerprint density at radius 1 is 0.958 bits per heavy atom. The molecule has 4 heteroatoms. The fraction of sp³-hybridized carbons (Fsp3) is 0.650. The molecule has 0 bridgehead atoms. The molecule has 1 aliphatic heterocycles. The number of Topliss-reactive ketones (excluding diaryl/α,β-unsaturated/α-hetero) is 1. The van der Waals surface area contributed by atoms with Crippen LogP contribution >= 0.6 is 0 Å². The molecule has 0 unspecified atom stereocenters. The minimum atomic E-state index is -0.356. The molecule has 0 aromatic heterocycles. The molecule has 3 nitrogen and oxygen atoms in total. The Morgan fingerprint density at radius 2 is 1.50 bits per heavy atom. The fourth-order valence-corrected chi connectivity index (χ4v) is 4.06. The summed E-state index contributed by atoms with van der Waals surface area (Å²) in [4.78, 5) is 13.1. The van der Waals surface area contributed by atoms with E-state index in [-0.39, 0.29) is 41.3 Å². The normalized spacial score (nSPS) is 30.5. The Labute approximate surface area is 146 Å². The average molecular weight is 328 g/mol. The van der Waals surface area contributed by atoms with E-state index in [1.54, 1.807) is 0 Å². The molecule has 0 radical (unpaired) electrons. The lowest BCUT2D eigenvalue weighted by Gasteiger charge is -2.32. The van der Waals surface area contributed by atoms with E-state index in [0.717, 1.165) is 18.4 Å². The molecule has 1 heterocycles. The van der Waals surface area contributed by atoms with Gasteiger partial charge in [-0.1, -0.05) is 44.2 Å². The minimum absolute atomic E-state index is 0.0444. The zero-order chi connectivity index (χ0) is 17.8. The van der Waals surface area contributed by atoms with Gasteiger partial charge in [-0.05, 0) is 46.0 Å². The SMILES string of the molecule is CC1(C)C[C@H](B2OC(C)(C)C(C)(C)O2)[C@@H](C(=O)c2ccccc2)C1. The molecule has 1 aliphatic carbocycles. The summed E-state index contributed by atoms with van der Waals surface area (Å²) in [5, 5.41) is 0. The van der Waals surface area contributed by atoms with Crippen molar-refractivity contribution in [3.8, 4) is 0 Å². The lowest BCUT2D eigenvalue weighted by molar-refractivity contribution is 0.00578. The van der Waals surface area contributed by atoms with Crippen LogP contribution in [0.1, 0.15) is 64.7 Å². The van der Waals surface area contributed by atoms with E-state index >= 15 is 0 Å². The van der Waals surface area contributed by atoms with E-state index in [9.17, 15) is 4.79 Å². The second-order valence-electron chi connectivity index (χ2n) is 9.20. The highest BCUT2D eigenvalue weighted by Gasteiger charge is 2.58. The first-order valence-corrected chi connectivity index (χ1v) is 8.97. The van der Waals surface area contributed by atoms with Crippen molar-refractivity contribution in [2.75, 3.05) is 0 Å². The van der Waals surface area contributed by atoms with Gasteiger partial charge >= 0.3 is 7.12 Å². The number of hydrogen-bond donors (Lipinski definition) is 0. The monoisotopic (exact) mass is 328 g/mol. The van der Waals surface area contributed by atoms with Gasteiger partial charge in [-0.3, -0.25) is 4.79 Å². The Bertz CT molecular complexity index is 605. The first kappa shape index (κ1) is 17.7. The molecule has 2 fully saturated rings. The summed E-state index contributed by atoms with van der Waals surface area (Å²) in [5.74, 6) is 0.284. The summed E-state index contributed by atoms with van der Waals surface area (Å²) < 4.78 is 12.6. The van der Waals surface area contributed by atoms with Gasteiger partial charge in [0, 0.05) is 17.3 Å². The molecule has 1 aromatic carbocycles. The molecule has 2 atom stereocenters. The molecular weight excluding hydrogens is 299 g/mol. The van der Waals surface area contributed by atoms with Crippen LogP contribution < -0.4 is 0 Å². The minimum Gasteiger partial charge on any atom is -0.403 e. The van der Waals surface area contributed by atoms with Crippen LogP contribution in [0.3, 0.4) is 0 Å². The Balaban J connectivity index is 1.87. The molecule has 0 spiro atoms. The van der Waals surface area contributed by atoms with Gasteiger partial charge in [0.1, 0.15) is 0 Å². The zero-order valence-corrected chi connectivity index (χ0v) is 15.8. The van der Waals surface area contributed by atoms with Crippen LogP contribution in [0.5, 0.6) is 0 Å². The molecule has 130 valence electrons. The van der Waals surface area contributed by atoms with Crippen LogP contribution in [0, 0.1) is 11.3 Å². The summed E-state index contributed by atoms with van der Waals surface area (Å²) in [6.45, 7) is 12.8. The Hall–Kier alpha value is -1.13. The summed E-state index contributed by atoms with van der Waals surface area (Å²) in [5.41, 5.74) is 0.209. The maximum atomic E-state index is 13.1. The molecule has 0 amide bonds. The van der Waals surface area contributed by atoms with E-state index in [2.05, 4.69) is 41.5 Å². The molecule has 1 aromatic rings. The highest BCUT2D eigenvalue weighted by Crippen LogP contribution is 2.54. The number of rotatable bonds is 3. The molecule has 2 aliphatic rings. The smallest absolute Gasteiger partial charge is 0.403 e. The first-order chi connectivity index (χ1) is 11.0. The van der Waals surface area contributed by atoms with Gasteiger partial charge in [0.05, 0.1) is 11.2 Å². The van der Waals surface area contributed by atoms with Crippen molar-refractivity contribution in [2.24, 2.45) is 11.3 Å². The van der Waals surface area contributed by atoms with E-state index in [1.165, 1.54) is 0 Å². The number of carbonyl (C=O) groups excluding carboxylic acids is 1. The van der Waals surface area contributed by atoms with Crippen LogP contribution in [0.2, 0.25) is 5.82 Å². The Kier molecular flexibility index (Phi) is 4.21. The van der Waals surface area contributed by atoms with Crippen LogP contribution in [0.4, 0.5) is 0 Å². The van der Waals surface area contributed by atoms with Crippen molar-refractivity contribution < 1.29 is 14.1 Å². The maximum absolute atomic E-state index is 13.1. The lowest BCUT2D eigenvalue weighted by Crippen LogP contribution is -2.41. The third kappa shape index (κ3) is 3.06. The molecule has 24 heavy (non-hydrogen) atoms. The van der Waals surface area contributed by atoms with Gasteiger partial charge in [0.2, 0.25) is 0 Å². The van der Waals surface area contributed by atoms with Crippen molar-refractivity contribution in [1.82, 2.24) is 0 Å². The molecular formula is C20H29BO3. The second-order valence-corrected chi connectivity index (χ2v) is 9.20. The average Bonchev–Trinajstić information content (AvgIpc) is 2.92. The van der Waals surface area contributed by atoms with Gasteiger partial charge in [-0.15, -0.1) is 0 Å². The van der Waals surface area contributed by atoms with Crippen LogP contribution in [-0.4, -0.2) is 24.1 Å². The second kappa shape index (κ2) is 5.71. The van der Waals surface area contributed by atoms with Crippen molar-refractivity contribution in [3.05, 3.63) is 35.9 Å². The summed E-state index contributed by atoms with van der Waals surface area (Å²) in [7, 11) is -0.311. The van der Waals surface area contributed by atoms with Gasteiger partial charge in [0.15, 0.2) is 5.78 Å². The van der Waals surface area contributed by atoms with Gasteiger partial charge in [0.25, 0.3) is 0 Å². The molecule has 1 saturated carbocycles. The van der Waals surface area contributed by atoms with Gasteiger partial charge in [-0.2, -0.15) is 0 Å². The van der Waals surface area contributed by atoms with Crippen molar-refractivity contribution in [1.29, 1.82) is 0 Å². The Morgan fingerprint density at radius 3 is 2.04 bits per heavy atom. The number of hydrogen-bond acceptors (Lipinski definition) is 3.